The van der Waals surface area contributed by atoms with Crippen molar-refractivity contribution < 1.29 is 0 Å². The van der Waals surface area contributed by atoms with Gasteiger partial charge in [-0.3, -0.25) is 0 Å². The van der Waals surface area contributed by atoms with E-state index in [2.05, 4.69) is 37.0 Å². The van der Waals surface area contributed by atoms with Crippen LogP contribution in [0.5, 0.6) is 0 Å². The molecule has 118 valence electrons. The van der Waals surface area contributed by atoms with E-state index < -0.39 is 5.41 Å². The van der Waals surface area contributed by atoms with Gasteiger partial charge in [0, 0.05) is 17.1 Å². The van der Waals surface area contributed by atoms with Crippen molar-refractivity contribution in [3.63, 3.8) is 0 Å². The van der Waals surface area contributed by atoms with E-state index >= 15 is 0 Å². The zero-order chi connectivity index (χ0) is 16.8. The molecule has 0 bridgehead atoms. The van der Waals surface area contributed by atoms with Crippen LogP contribution in [0.15, 0.2) is 70.5 Å². The second-order valence-corrected chi connectivity index (χ2v) is 8.05. The Bertz CT molecular complexity index is 830. The largest absolute Gasteiger partial charge is 0.193 e. The van der Waals surface area contributed by atoms with Crippen LogP contribution in [0.2, 0.25) is 0 Å². The predicted octanol–water partition coefficient (Wildman–Crippen LogP) is 5.21. The average molecular weight is 348 g/mol. The highest BCUT2D eigenvalue weighted by atomic mass is 32.2. The Morgan fingerprint density at radius 3 is 2.12 bits per heavy atom. The van der Waals surface area contributed by atoms with E-state index in [0.717, 1.165) is 32.4 Å². The molecule has 0 spiro atoms. The third kappa shape index (κ3) is 3.54. The number of benzene rings is 2. The Kier molecular flexibility index (Phi) is 5.36. The monoisotopic (exact) mass is 347 g/mol. The van der Waals surface area contributed by atoms with Crippen LogP contribution >= 0.6 is 23.5 Å². The lowest BCUT2D eigenvalue weighted by molar-refractivity contribution is 0.756. The lowest BCUT2D eigenvalue weighted by atomic mass is 9.77. The molecule has 2 aromatic carbocycles. The summed E-state index contributed by atoms with van der Waals surface area (Å²) in [7, 11) is 0. The molecule has 1 nitrogen and oxygen atoms in total. The molecule has 24 heavy (non-hydrogen) atoms. The van der Waals surface area contributed by atoms with Gasteiger partial charge in [-0.15, -0.1) is 23.5 Å². The maximum atomic E-state index is 9.88. The van der Waals surface area contributed by atoms with Crippen LogP contribution in [-0.4, -0.2) is 11.5 Å². The minimum Gasteiger partial charge on any atom is -0.193 e. The van der Waals surface area contributed by atoms with E-state index in [4.69, 9.17) is 0 Å². The van der Waals surface area contributed by atoms with Gasteiger partial charge in [0.1, 0.15) is 0 Å². The van der Waals surface area contributed by atoms with E-state index in [1.807, 2.05) is 48.5 Å². The average Bonchev–Trinajstić information content (AvgIpc) is 3.16. The van der Waals surface area contributed by atoms with Crippen LogP contribution < -0.4 is 0 Å². The van der Waals surface area contributed by atoms with E-state index in [0.29, 0.717) is 0 Å². The number of allylic oxidation sites excluding steroid dienone is 1. The fraction of sp³-hybridized carbons (Fsp3) is 0.190. The first-order chi connectivity index (χ1) is 11.7. The van der Waals surface area contributed by atoms with Crippen LogP contribution in [0.1, 0.15) is 18.1 Å². The SMILES string of the molecule is CC(C#Cc1ccccc1)(C(C#N)=C1SCCS1)c1ccccc1. The molecule has 0 aromatic heterocycles. The quantitative estimate of drug-likeness (QED) is 0.550. The van der Waals surface area contributed by atoms with Crippen molar-refractivity contribution in [1.82, 2.24) is 0 Å². The molecule has 0 saturated carbocycles. The van der Waals surface area contributed by atoms with Crippen molar-refractivity contribution in [1.29, 1.82) is 5.26 Å². The highest BCUT2D eigenvalue weighted by Gasteiger charge is 2.33. The first-order valence-electron chi connectivity index (χ1n) is 7.78. The first-order valence-corrected chi connectivity index (χ1v) is 9.75. The van der Waals surface area contributed by atoms with Gasteiger partial charge in [-0.1, -0.05) is 60.4 Å². The van der Waals surface area contributed by atoms with Gasteiger partial charge in [-0.2, -0.15) is 5.26 Å². The molecular weight excluding hydrogens is 330 g/mol. The summed E-state index contributed by atoms with van der Waals surface area (Å²) in [6.45, 7) is 2.06. The molecular formula is C21H17NS2. The standard InChI is InChI=1S/C21H17NS2/c1-21(18-10-6-3-7-11-18,13-12-17-8-4-2-5-9-17)19(16-22)20-23-14-15-24-20/h2-11H,14-15H2,1H3. The number of nitriles is 1. The maximum absolute atomic E-state index is 9.88. The second kappa shape index (κ2) is 7.67. The Balaban J connectivity index is 2.14. The number of nitrogens with zero attached hydrogens (tertiary/aromatic N) is 1. The summed E-state index contributed by atoms with van der Waals surface area (Å²) in [6, 6.07) is 22.5. The van der Waals surface area contributed by atoms with Crippen molar-refractivity contribution in [2.75, 3.05) is 11.5 Å². The number of rotatable bonds is 2. The van der Waals surface area contributed by atoms with Gasteiger partial charge in [0.05, 0.1) is 21.3 Å². The lowest BCUT2D eigenvalue weighted by Crippen LogP contribution is -2.23. The topological polar surface area (TPSA) is 23.8 Å². The molecule has 3 heteroatoms. The fourth-order valence-electron chi connectivity index (χ4n) is 2.59. The maximum Gasteiger partial charge on any atom is 0.0984 e. The third-order valence-electron chi connectivity index (χ3n) is 3.95. The molecule has 0 aliphatic carbocycles. The van der Waals surface area contributed by atoms with Gasteiger partial charge in [0.25, 0.3) is 0 Å². The number of hydrogen-bond donors (Lipinski definition) is 0. The Labute approximate surface area is 152 Å². The highest BCUT2D eigenvalue weighted by molar-refractivity contribution is 8.25. The molecule has 1 atom stereocenters. The number of hydrogen-bond acceptors (Lipinski definition) is 3. The van der Waals surface area contributed by atoms with Gasteiger partial charge in [-0.05, 0) is 24.6 Å². The van der Waals surface area contributed by atoms with Crippen molar-refractivity contribution in [3.8, 4) is 17.9 Å². The molecule has 3 rings (SSSR count). The van der Waals surface area contributed by atoms with E-state index in [-0.39, 0.29) is 0 Å². The van der Waals surface area contributed by atoms with Crippen LogP contribution in [0.4, 0.5) is 0 Å². The van der Waals surface area contributed by atoms with Gasteiger partial charge in [0.2, 0.25) is 0 Å². The minimum absolute atomic E-state index is 0.606. The van der Waals surface area contributed by atoms with Crippen LogP contribution in [0.25, 0.3) is 0 Å². The smallest absolute Gasteiger partial charge is 0.0984 e. The summed E-state index contributed by atoms with van der Waals surface area (Å²) in [5, 5.41) is 9.88. The second-order valence-electron chi connectivity index (χ2n) is 5.58. The van der Waals surface area contributed by atoms with Crippen molar-refractivity contribution in [2.45, 2.75) is 12.3 Å². The van der Waals surface area contributed by atoms with Crippen LogP contribution in [0.3, 0.4) is 0 Å². The minimum atomic E-state index is -0.606. The summed E-state index contributed by atoms with van der Waals surface area (Å²) >= 11 is 3.54. The molecule has 0 amide bonds. The van der Waals surface area contributed by atoms with E-state index in [9.17, 15) is 5.26 Å². The van der Waals surface area contributed by atoms with Gasteiger partial charge < -0.3 is 0 Å². The summed E-state index contributed by atoms with van der Waals surface area (Å²) in [6.07, 6.45) is 0. The first kappa shape index (κ1) is 16.8. The molecule has 1 heterocycles. The third-order valence-corrected chi connectivity index (χ3v) is 6.66. The Morgan fingerprint density at radius 2 is 1.54 bits per heavy atom. The van der Waals surface area contributed by atoms with Gasteiger partial charge >= 0.3 is 0 Å². The molecule has 1 aliphatic rings. The molecule has 1 saturated heterocycles. The zero-order valence-corrected chi connectivity index (χ0v) is 15.1. The van der Waals surface area contributed by atoms with Crippen molar-refractivity contribution in [3.05, 3.63) is 81.6 Å². The normalized spacial score (nSPS) is 15.8. The molecule has 0 N–H and O–H groups in total. The molecule has 1 fully saturated rings. The summed E-state index contributed by atoms with van der Waals surface area (Å²) in [5.41, 5.74) is 2.19. The summed E-state index contributed by atoms with van der Waals surface area (Å²) in [5.74, 6) is 8.78. The van der Waals surface area contributed by atoms with Gasteiger partial charge in [0.15, 0.2) is 0 Å². The molecule has 1 aliphatic heterocycles. The summed E-state index contributed by atoms with van der Waals surface area (Å²) in [4.78, 5) is 0. The number of thioether (sulfide) groups is 2. The van der Waals surface area contributed by atoms with E-state index in [1.165, 1.54) is 0 Å². The lowest BCUT2D eigenvalue weighted by Gasteiger charge is -2.25. The van der Waals surface area contributed by atoms with Crippen LogP contribution in [0, 0.1) is 23.2 Å². The molecule has 0 radical (unpaired) electrons. The van der Waals surface area contributed by atoms with Crippen molar-refractivity contribution in [2.24, 2.45) is 0 Å². The zero-order valence-electron chi connectivity index (χ0n) is 13.5. The van der Waals surface area contributed by atoms with Crippen molar-refractivity contribution >= 4 is 23.5 Å². The van der Waals surface area contributed by atoms with Crippen LogP contribution in [-0.2, 0) is 5.41 Å². The molecule has 2 aromatic rings. The Hall–Kier alpha value is -2.07. The van der Waals surface area contributed by atoms with E-state index in [1.54, 1.807) is 23.5 Å². The summed E-state index contributed by atoms with van der Waals surface area (Å²) < 4.78 is 1.12. The fourth-order valence-corrected chi connectivity index (χ4v) is 5.24. The Morgan fingerprint density at radius 1 is 0.958 bits per heavy atom. The predicted molar refractivity (Wildman–Crippen MR) is 105 cm³/mol. The molecule has 1 unspecified atom stereocenters. The highest BCUT2D eigenvalue weighted by Crippen LogP contribution is 2.44. The van der Waals surface area contributed by atoms with Gasteiger partial charge in [-0.25, -0.2) is 0 Å².